The zero-order valence-electron chi connectivity index (χ0n) is 11.1. The van der Waals surface area contributed by atoms with Crippen molar-refractivity contribution in [3.05, 3.63) is 70.3 Å². The molecule has 1 aromatic heterocycles. The van der Waals surface area contributed by atoms with E-state index in [1.807, 2.05) is 41.1 Å². The molecule has 3 rings (SSSR count). The number of carbonyl (C=O) groups excluding carboxylic acids is 1. The standard InChI is InChI=1S/C17H14BrNO/c1-12-5-6-13-7-8-19(16(13)9-12)11-17(20)14-3-2-4-15(18)10-14/h2-10H,11H2,1H3. The number of Topliss-reactive ketones (excluding diaryl/α,β-unsaturated/α-hetero) is 1. The minimum atomic E-state index is 0.116. The Bertz CT molecular complexity index is 789. The monoisotopic (exact) mass is 327 g/mol. The summed E-state index contributed by atoms with van der Waals surface area (Å²) in [6, 6.07) is 15.9. The second kappa shape index (κ2) is 5.25. The third-order valence-electron chi connectivity index (χ3n) is 3.39. The fourth-order valence-corrected chi connectivity index (χ4v) is 2.74. The Morgan fingerprint density at radius 1 is 1.15 bits per heavy atom. The molecular formula is C17H14BrNO. The minimum absolute atomic E-state index is 0.116. The van der Waals surface area contributed by atoms with Crippen LogP contribution in [-0.4, -0.2) is 10.4 Å². The Hall–Kier alpha value is -1.87. The van der Waals surface area contributed by atoms with Gasteiger partial charge in [0, 0.05) is 21.7 Å². The molecule has 0 radical (unpaired) electrons. The summed E-state index contributed by atoms with van der Waals surface area (Å²) in [7, 11) is 0. The van der Waals surface area contributed by atoms with E-state index in [-0.39, 0.29) is 5.78 Å². The maximum atomic E-state index is 12.4. The van der Waals surface area contributed by atoms with Gasteiger partial charge in [0.25, 0.3) is 0 Å². The molecule has 0 aliphatic carbocycles. The number of carbonyl (C=O) groups is 1. The van der Waals surface area contributed by atoms with Crippen LogP contribution in [0.3, 0.4) is 0 Å². The summed E-state index contributed by atoms with van der Waals surface area (Å²) in [5.74, 6) is 0.116. The number of fused-ring (bicyclic) bond motifs is 1. The molecule has 0 bridgehead atoms. The third-order valence-corrected chi connectivity index (χ3v) is 3.88. The van der Waals surface area contributed by atoms with E-state index in [2.05, 4.69) is 41.1 Å². The minimum Gasteiger partial charge on any atom is -0.340 e. The van der Waals surface area contributed by atoms with Gasteiger partial charge in [-0.1, -0.05) is 40.2 Å². The van der Waals surface area contributed by atoms with Crippen molar-refractivity contribution in [1.82, 2.24) is 4.57 Å². The van der Waals surface area contributed by atoms with Crippen LogP contribution < -0.4 is 0 Å². The SMILES string of the molecule is Cc1ccc2ccn(CC(=O)c3cccc(Br)c3)c2c1. The molecular weight excluding hydrogens is 314 g/mol. The Balaban J connectivity index is 1.93. The normalized spacial score (nSPS) is 10.9. The van der Waals surface area contributed by atoms with Gasteiger partial charge in [-0.05, 0) is 42.1 Å². The van der Waals surface area contributed by atoms with Gasteiger partial charge < -0.3 is 4.57 Å². The molecule has 0 aliphatic rings. The lowest BCUT2D eigenvalue weighted by atomic mass is 10.1. The summed E-state index contributed by atoms with van der Waals surface area (Å²) in [5.41, 5.74) is 3.04. The van der Waals surface area contributed by atoms with Crippen molar-refractivity contribution in [3.8, 4) is 0 Å². The molecule has 0 N–H and O–H groups in total. The number of halogens is 1. The number of rotatable bonds is 3. The van der Waals surface area contributed by atoms with E-state index in [1.165, 1.54) is 5.56 Å². The summed E-state index contributed by atoms with van der Waals surface area (Å²) < 4.78 is 2.93. The van der Waals surface area contributed by atoms with Crippen LogP contribution in [0, 0.1) is 6.92 Å². The molecule has 3 heteroatoms. The van der Waals surface area contributed by atoms with Gasteiger partial charge in [0.2, 0.25) is 0 Å². The zero-order valence-corrected chi connectivity index (χ0v) is 12.7. The first-order chi connectivity index (χ1) is 9.63. The molecule has 0 saturated heterocycles. The first-order valence-electron chi connectivity index (χ1n) is 6.48. The fraction of sp³-hybridized carbons (Fsp3) is 0.118. The number of hydrogen-bond acceptors (Lipinski definition) is 1. The van der Waals surface area contributed by atoms with Crippen LogP contribution in [0.4, 0.5) is 0 Å². The smallest absolute Gasteiger partial charge is 0.182 e. The predicted octanol–water partition coefficient (Wildman–Crippen LogP) is 4.60. The van der Waals surface area contributed by atoms with Crippen LogP contribution in [0.5, 0.6) is 0 Å². The third kappa shape index (κ3) is 2.54. The second-order valence-corrected chi connectivity index (χ2v) is 5.86. The number of nitrogens with zero attached hydrogens (tertiary/aromatic N) is 1. The molecule has 2 nitrogen and oxygen atoms in total. The molecule has 0 fully saturated rings. The average Bonchev–Trinajstić information content (AvgIpc) is 2.81. The van der Waals surface area contributed by atoms with Crippen molar-refractivity contribution in [2.24, 2.45) is 0 Å². The quantitative estimate of drug-likeness (QED) is 0.644. The van der Waals surface area contributed by atoms with Gasteiger partial charge in [0.1, 0.15) is 0 Å². The van der Waals surface area contributed by atoms with Crippen LogP contribution >= 0.6 is 15.9 Å². The lowest BCUT2D eigenvalue weighted by Crippen LogP contribution is -2.09. The molecule has 0 unspecified atom stereocenters. The topological polar surface area (TPSA) is 22.0 Å². The van der Waals surface area contributed by atoms with Gasteiger partial charge in [0.05, 0.1) is 6.54 Å². The van der Waals surface area contributed by atoms with Gasteiger partial charge in [-0.2, -0.15) is 0 Å². The van der Waals surface area contributed by atoms with Crippen molar-refractivity contribution in [2.75, 3.05) is 0 Å². The molecule has 20 heavy (non-hydrogen) atoms. The van der Waals surface area contributed by atoms with E-state index in [1.54, 1.807) is 0 Å². The summed E-state index contributed by atoms with van der Waals surface area (Å²) in [4.78, 5) is 12.4. The van der Waals surface area contributed by atoms with Gasteiger partial charge in [0.15, 0.2) is 5.78 Å². The average molecular weight is 328 g/mol. The Morgan fingerprint density at radius 2 is 2.00 bits per heavy atom. The molecule has 1 heterocycles. The van der Waals surface area contributed by atoms with Crippen molar-refractivity contribution in [2.45, 2.75) is 13.5 Å². The van der Waals surface area contributed by atoms with Crippen molar-refractivity contribution < 1.29 is 4.79 Å². The number of ketones is 1. The Kier molecular flexibility index (Phi) is 3.45. The Labute approximate surface area is 126 Å². The number of aryl methyl sites for hydroxylation is 1. The molecule has 100 valence electrons. The van der Waals surface area contributed by atoms with Crippen molar-refractivity contribution in [3.63, 3.8) is 0 Å². The van der Waals surface area contributed by atoms with E-state index in [0.717, 1.165) is 20.9 Å². The van der Waals surface area contributed by atoms with E-state index in [0.29, 0.717) is 6.54 Å². The highest BCUT2D eigenvalue weighted by molar-refractivity contribution is 9.10. The van der Waals surface area contributed by atoms with Gasteiger partial charge in [-0.15, -0.1) is 0 Å². The van der Waals surface area contributed by atoms with Gasteiger partial charge in [-0.25, -0.2) is 0 Å². The highest BCUT2D eigenvalue weighted by Crippen LogP contribution is 2.19. The summed E-state index contributed by atoms with van der Waals surface area (Å²) in [5, 5.41) is 1.16. The number of hydrogen-bond donors (Lipinski definition) is 0. The first kappa shape index (κ1) is 13.1. The van der Waals surface area contributed by atoms with Crippen LogP contribution in [0.2, 0.25) is 0 Å². The summed E-state index contributed by atoms with van der Waals surface area (Å²) in [6.07, 6.45) is 1.97. The second-order valence-electron chi connectivity index (χ2n) is 4.94. The van der Waals surface area contributed by atoms with E-state index < -0.39 is 0 Å². The van der Waals surface area contributed by atoms with E-state index in [9.17, 15) is 4.79 Å². The highest BCUT2D eigenvalue weighted by Gasteiger charge is 2.09. The van der Waals surface area contributed by atoms with Crippen LogP contribution in [0.15, 0.2) is 59.2 Å². The van der Waals surface area contributed by atoms with Crippen molar-refractivity contribution >= 4 is 32.6 Å². The molecule has 3 aromatic rings. The number of benzene rings is 2. The van der Waals surface area contributed by atoms with Crippen LogP contribution in [0.1, 0.15) is 15.9 Å². The molecule has 2 aromatic carbocycles. The lowest BCUT2D eigenvalue weighted by molar-refractivity contribution is 0.0973. The molecule has 0 saturated carbocycles. The maximum absolute atomic E-state index is 12.4. The van der Waals surface area contributed by atoms with Gasteiger partial charge >= 0.3 is 0 Å². The molecule has 0 atom stereocenters. The first-order valence-corrected chi connectivity index (χ1v) is 7.27. The maximum Gasteiger partial charge on any atom is 0.182 e. The predicted molar refractivity (Wildman–Crippen MR) is 85.1 cm³/mol. The van der Waals surface area contributed by atoms with Crippen LogP contribution in [-0.2, 0) is 6.54 Å². The van der Waals surface area contributed by atoms with Crippen molar-refractivity contribution in [1.29, 1.82) is 0 Å². The zero-order chi connectivity index (χ0) is 14.1. The van der Waals surface area contributed by atoms with Crippen LogP contribution in [0.25, 0.3) is 10.9 Å². The largest absolute Gasteiger partial charge is 0.340 e. The lowest BCUT2D eigenvalue weighted by Gasteiger charge is -2.06. The fourth-order valence-electron chi connectivity index (χ4n) is 2.34. The number of aromatic nitrogens is 1. The van der Waals surface area contributed by atoms with E-state index in [4.69, 9.17) is 0 Å². The Morgan fingerprint density at radius 3 is 2.80 bits per heavy atom. The van der Waals surface area contributed by atoms with Gasteiger partial charge in [-0.3, -0.25) is 4.79 Å². The molecule has 0 aliphatic heterocycles. The summed E-state index contributed by atoms with van der Waals surface area (Å²) in [6.45, 7) is 2.43. The molecule has 0 spiro atoms. The molecule has 0 amide bonds. The summed E-state index contributed by atoms with van der Waals surface area (Å²) >= 11 is 3.40. The van der Waals surface area contributed by atoms with E-state index >= 15 is 0 Å². The highest BCUT2D eigenvalue weighted by atomic mass is 79.9.